The van der Waals surface area contributed by atoms with Crippen LogP contribution in [0.3, 0.4) is 0 Å². The van der Waals surface area contributed by atoms with Gasteiger partial charge >= 0.3 is 5.97 Å². The van der Waals surface area contributed by atoms with Crippen molar-refractivity contribution in [2.75, 3.05) is 17.7 Å². The molecule has 0 aliphatic heterocycles. The Bertz CT molecular complexity index is 791. The second kappa shape index (κ2) is 10.7. The van der Waals surface area contributed by atoms with Gasteiger partial charge in [0.1, 0.15) is 6.42 Å². The van der Waals surface area contributed by atoms with Gasteiger partial charge in [-0.2, -0.15) is 0 Å². The van der Waals surface area contributed by atoms with Crippen LogP contribution in [0, 0.1) is 0 Å². The summed E-state index contributed by atoms with van der Waals surface area (Å²) in [5, 5.41) is 3.46. The van der Waals surface area contributed by atoms with Gasteiger partial charge in [-0.3, -0.25) is 14.4 Å². The van der Waals surface area contributed by atoms with E-state index in [2.05, 4.69) is 5.32 Å². The van der Waals surface area contributed by atoms with Crippen molar-refractivity contribution in [2.24, 2.45) is 0 Å². The number of anilines is 1. The predicted octanol–water partition coefficient (Wildman–Crippen LogP) is 4.14. The molecule has 0 bridgehead atoms. The van der Waals surface area contributed by atoms with Crippen molar-refractivity contribution in [1.82, 2.24) is 0 Å². The van der Waals surface area contributed by atoms with Crippen molar-refractivity contribution in [3.8, 4) is 0 Å². The first-order valence-electron chi connectivity index (χ1n) is 8.40. The number of esters is 1. The smallest absolute Gasteiger partial charge is 0.313 e. The molecule has 0 fully saturated rings. The van der Waals surface area contributed by atoms with Gasteiger partial charge in [0.2, 0.25) is 5.91 Å². The molecule has 0 aliphatic carbocycles. The largest absolute Gasteiger partial charge is 0.466 e. The van der Waals surface area contributed by atoms with Gasteiger partial charge in [-0.25, -0.2) is 0 Å². The first-order valence-corrected chi connectivity index (χ1v) is 9.77. The molecule has 1 amide bonds. The van der Waals surface area contributed by atoms with Crippen LogP contribution in [0.2, 0.25) is 5.02 Å². The number of carbonyl (C=O) groups excluding carboxylic acids is 3. The molecule has 0 radical (unpaired) electrons. The van der Waals surface area contributed by atoms with Gasteiger partial charge in [0, 0.05) is 15.6 Å². The molecule has 0 heterocycles. The van der Waals surface area contributed by atoms with Crippen molar-refractivity contribution in [3.63, 3.8) is 0 Å². The number of ether oxygens (including phenoxy) is 1. The zero-order chi connectivity index (χ0) is 19.6. The molecule has 1 N–H and O–H groups in total. The van der Waals surface area contributed by atoms with Gasteiger partial charge in [-0.15, -0.1) is 11.8 Å². The summed E-state index contributed by atoms with van der Waals surface area (Å²) in [5.41, 5.74) is 1.56. The summed E-state index contributed by atoms with van der Waals surface area (Å²) < 4.78 is 4.75. The maximum absolute atomic E-state index is 12.1. The fourth-order valence-corrected chi connectivity index (χ4v) is 3.10. The van der Waals surface area contributed by atoms with Gasteiger partial charge in [0.05, 0.1) is 18.8 Å². The molecule has 0 saturated carbocycles. The Morgan fingerprint density at radius 3 is 2.33 bits per heavy atom. The topological polar surface area (TPSA) is 72.5 Å². The Morgan fingerprint density at radius 2 is 1.70 bits per heavy atom. The van der Waals surface area contributed by atoms with Crippen molar-refractivity contribution in [2.45, 2.75) is 24.7 Å². The molecule has 5 nitrogen and oxygen atoms in total. The zero-order valence-electron chi connectivity index (χ0n) is 14.9. The molecule has 7 heteroatoms. The predicted molar refractivity (Wildman–Crippen MR) is 107 cm³/mol. The molecule has 0 atom stereocenters. The Hall–Kier alpha value is -2.31. The molecule has 2 aromatic carbocycles. The van der Waals surface area contributed by atoms with Gasteiger partial charge in [-0.1, -0.05) is 23.7 Å². The van der Waals surface area contributed by atoms with E-state index in [1.54, 1.807) is 31.2 Å². The first kappa shape index (κ1) is 21.0. The number of Topliss-reactive ketones (excluding diaryl/α,β-unsaturated/α-hetero) is 1. The molecule has 2 rings (SSSR count). The first-order chi connectivity index (χ1) is 13.0. The number of amides is 1. The summed E-state index contributed by atoms with van der Waals surface area (Å²) >= 11 is 7.17. The molecule has 0 aliphatic rings. The Balaban J connectivity index is 1.78. The van der Waals surface area contributed by atoms with Crippen LogP contribution in [0.15, 0.2) is 53.4 Å². The van der Waals surface area contributed by atoms with Gasteiger partial charge in [0.25, 0.3) is 0 Å². The number of ketones is 1. The lowest BCUT2D eigenvalue weighted by Gasteiger charge is -2.07. The van der Waals surface area contributed by atoms with E-state index in [0.29, 0.717) is 10.7 Å². The van der Waals surface area contributed by atoms with E-state index in [1.807, 2.05) is 24.3 Å². The highest BCUT2D eigenvalue weighted by molar-refractivity contribution is 8.00. The number of nitrogens with one attached hydrogen (secondary N) is 1. The molecule has 27 heavy (non-hydrogen) atoms. The lowest BCUT2D eigenvalue weighted by atomic mass is 10.1. The van der Waals surface area contributed by atoms with E-state index in [1.165, 1.54) is 11.8 Å². The summed E-state index contributed by atoms with van der Waals surface area (Å²) in [6, 6.07) is 14.3. The van der Waals surface area contributed by atoms with Gasteiger partial charge < -0.3 is 10.1 Å². The molecule has 0 spiro atoms. The monoisotopic (exact) mass is 405 g/mol. The minimum absolute atomic E-state index is 0.123. The molecule has 142 valence electrons. The SMILES string of the molecule is CCOC(=O)CC(=O)CSc1ccc(NC(=O)Cc2ccc(Cl)cc2)cc1. The van der Waals surface area contributed by atoms with Crippen LogP contribution in [0.4, 0.5) is 5.69 Å². The van der Waals surface area contributed by atoms with Crippen molar-refractivity contribution in [1.29, 1.82) is 0 Å². The van der Waals surface area contributed by atoms with Crippen molar-refractivity contribution < 1.29 is 19.1 Å². The number of benzene rings is 2. The number of rotatable bonds is 9. The standard InChI is InChI=1S/C20H20ClNO4S/c1-2-26-20(25)12-17(23)13-27-18-9-7-16(8-10-18)22-19(24)11-14-3-5-15(21)6-4-14/h3-10H,2,11-13H2,1H3,(H,22,24). The van der Waals surface area contributed by atoms with Crippen LogP contribution in [0.1, 0.15) is 18.9 Å². The minimum Gasteiger partial charge on any atom is -0.466 e. The Kier molecular flexibility index (Phi) is 8.36. The summed E-state index contributed by atoms with van der Waals surface area (Å²) in [4.78, 5) is 35.9. The van der Waals surface area contributed by atoms with Crippen LogP contribution in [0.25, 0.3) is 0 Å². The third-order valence-electron chi connectivity index (χ3n) is 3.46. The number of thioether (sulfide) groups is 1. The van der Waals surface area contributed by atoms with E-state index < -0.39 is 5.97 Å². The molecular weight excluding hydrogens is 386 g/mol. The summed E-state index contributed by atoms with van der Waals surface area (Å²) in [7, 11) is 0. The van der Waals surface area contributed by atoms with Crippen molar-refractivity contribution in [3.05, 3.63) is 59.1 Å². The highest BCUT2D eigenvalue weighted by Crippen LogP contribution is 2.21. The van der Waals surface area contributed by atoms with Crippen LogP contribution < -0.4 is 5.32 Å². The maximum Gasteiger partial charge on any atom is 0.313 e. The van der Waals surface area contributed by atoms with E-state index in [4.69, 9.17) is 16.3 Å². The van der Waals surface area contributed by atoms with Gasteiger partial charge in [0.15, 0.2) is 5.78 Å². The quantitative estimate of drug-likeness (QED) is 0.385. The number of hydrogen-bond donors (Lipinski definition) is 1. The second-order valence-corrected chi connectivity index (χ2v) is 7.17. The lowest BCUT2D eigenvalue weighted by molar-refractivity contribution is -0.145. The molecule has 0 saturated heterocycles. The van der Waals surface area contributed by atoms with E-state index >= 15 is 0 Å². The average molecular weight is 406 g/mol. The fraction of sp³-hybridized carbons (Fsp3) is 0.250. The number of carbonyl (C=O) groups is 3. The van der Waals surface area contributed by atoms with Gasteiger partial charge in [-0.05, 0) is 48.9 Å². The molecule has 2 aromatic rings. The zero-order valence-corrected chi connectivity index (χ0v) is 16.4. The van der Waals surface area contributed by atoms with Crippen LogP contribution in [-0.2, 0) is 25.5 Å². The van der Waals surface area contributed by atoms with E-state index in [-0.39, 0.29) is 36.9 Å². The number of halogens is 1. The Morgan fingerprint density at radius 1 is 1.04 bits per heavy atom. The van der Waals surface area contributed by atoms with Crippen LogP contribution in [0.5, 0.6) is 0 Å². The minimum atomic E-state index is -0.498. The maximum atomic E-state index is 12.1. The third-order valence-corrected chi connectivity index (χ3v) is 4.79. The molecule has 0 unspecified atom stereocenters. The highest BCUT2D eigenvalue weighted by atomic mass is 35.5. The third kappa shape index (κ3) is 7.85. The average Bonchev–Trinajstić information content (AvgIpc) is 2.63. The summed E-state index contributed by atoms with van der Waals surface area (Å²) in [5.74, 6) is -0.607. The normalized spacial score (nSPS) is 10.3. The van der Waals surface area contributed by atoms with Crippen LogP contribution in [-0.4, -0.2) is 30.0 Å². The summed E-state index contributed by atoms with van der Waals surface area (Å²) in [6.45, 7) is 1.97. The molecular formula is C20H20ClNO4S. The number of hydrogen-bond acceptors (Lipinski definition) is 5. The highest BCUT2D eigenvalue weighted by Gasteiger charge is 2.11. The van der Waals surface area contributed by atoms with Crippen LogP contribution >= 0.6 is 23.4 Å². The molecule has 0 aromatic heterocycles. The van der Waals surface area contributed by atoms with Crippen molar-refractivity contribution >= 4 is 46.7 Å². The fourth-order valence-electron chi connectivity index (χ4n) is 2.22. The second-order valence-electron chi connectivity index (χ2n) is 5.68. The van der Waals surface area contributed by atoms with E-state index in [9.17, 15) is 14.4 Å². The summed E-state index contributed by atoms with van der Waals surface area (Å²) in [6.07, 6.45) is 0.0513. The Labute approximate surface area is 167 Å². The van der Waals surface area contributed by atoms with E-state index in [0.717, 1.165) is 10.5 Å². The lowest BCUT2D eigenvalue weighted by Crippen LogP contribution is -2.14.